The van der Waals surface area contributed by atoms with Gasteiger partial charge >= 0.3 is 0 Å². The quantitative estimate of drug-likeness (QED) is 0.937. The lowest BCUT2D eigenvalue weighted by Gasteiger charge is -1.99. The number of hydrogen-bond acceptors (Lipinski definition) is 3. The second-order valence-corrected chi connectivity index (χ2v) is 4.79. The molecule has 0 radical (unpaired) electrons. The van der Waals surface area contributed by atoms with Crippen LogP contribution < -0.4 is 5.32 Å². The summed E-state index contributed by atoms with van der Waals surface area (Å²) in [5.74, 6) is 0.852. The normalized spacial score (nSPS) is 10.8. The first-order valence-corrected chi connectivity index (χ1v) is 6.43. The van der Waals surface area contributed by atoms with E-state index in [-0.39, 0.29) is 0 Å². The summed E-state index contributed by atoms with van der Waals surface area (Å²) in [4.78, 5) is 0. The molecular weight excluding hydrogens is 280 g/mol. The summed E-state index contributed by atoms with van der Waals surface area (Å²) >= 11 is 3.42. The molecule has 0 aliphatic rings. The fourth-order valence-electron chi connectivity index (χ4n) is 1.65. The Kier molecular flexibility index (Phi) is 3.97. The van der Waals surface area contributed by atoms with Crippen molar-refractivity contribution in [2.45, 2.75) is 20.4 Å². The molecule has 0 fully saturated rings. The van der Waals surface area contributed by atoms with Crippen molar-refractivity contribution in [3.8, 4) is 11.3 Å². The molecule has 0 atom stereocenters. The van der Waals surface area contributed by atoms with E-state index in [2.05, 4.69) is 33.3 Å². The molecule has 0 spiro atoms. The molecule has 1 aromatic carbocycles. The maximum atomic E-state index is 5.41. The van der Waals surface area contributed by atoms with Crippen LogP contribution in [0.15, 0.2) is 33.3 Å². The van der Waals surface area contributed by atoms with Crippen molar-refractivity contribution >= 4 is 15.9 Å². The molecule has 1 N–H and O–H groups in total. The highest BCUT2D eigenvalue weighted by Crippen LogP contribution is 2.26. The minimum Gasteiger partial charge on any atom is -0.356 e. The van der Waals surface area contributed by atoms with Gasteiger partial charge in [0, 0.05) is 22.1 Å². The fourth-order valence-corrected chi connectivity index (χ4v) is 1.91. The molecule has 0 unspecified atom stereocenters. The number of rotatable bonds is 4. The van der Waals surface area contributed by atoms with Crippen LogP contribution in [0.5, 0.6) is 0 Å². The highest BCUT2D eigenvalue weighted by molar-refractivity contribution is 9.10. The van der Waals surface area contributed by atoms with E-state index in [1.54, 1.807) is 0 Å². The van der Waals surface area contributed by atoms with Crippen LogP contribution in [0, 0.1) is 6.92 Å². The third kappa shape index (κ3) is 2.76. The number of halogens is 1. The lowest BCUT2D eigenvalue weighted by atomic mass is 10.1. The Morgan fingerprint density at radius 2 is 2.00 bits per heavy atom. The van der Waals surface area contributed by atoms with Gasteiger partial charge in [-0.05, 0) is 25.6 Å². The zero-order valence-corrected chi connectivity index (χ0v) is 11.5. The first-order chi connectivity index (χ1) is 8.22. The van der Waals surface area contributed by atoms with E-state index in [0.717, 1.165) is 40.1 Å². The standard InChI is InChI=1S/C13H15BrN2O/c1-3-15-8-12-9(2)13(17-16-12)10-4-6-11(14)7-5-10/h4-7,15H,3,8H2,1-2H3. The van der Waals surface area contributed by atoms with Gasteiger partial charge in [-0.1, -0.05) is 40.1 Å². The van der Waals surface area contributed by atoms with Crippen LogP contribution in [-0.4, -0.2) is 11.7 Å². The predicted octanol–water partition coefficient (Wildman–Crippen LogP) is 3.52. The number of nitrogens with one attached hydrogen (secondary N) is 1. The molecule has 2 aromatic rings. The van der Waals surface area contributed by atoms with Crippen molar-refractivity contribution in [3.05, 3.63) is 40.0 Å². The Morgan fingerprint density at radius 3 is 2.65 bits per heavy atom. The van der Waals surface area contributed by atoms with Crippen LogP contribution in [0.3, 0.4) is 0 Å². The van der Waals surface area contributed by atoms with Crippen LogP contribution in [0.1, 0.15) is 18.2 Å². The molecule has 1 aromatic heterocycles. The van der Waals surface area contributed by atoms with Crippen molar-refractivity contribution in [2.24, 2.45) is 0 Å². The van der Waals surface area contributed by atoms with Gasteiger partial charge < -0.3 is 9.84 Å². The van der Waals surface area contributed by atoms with Gasteiger partial charge in [0.2, 0.25) is 0 Å². The highest BCUT2D eigenvalue weighted by atomic mass is 79.9. The van der Waals surface area contributed by atoms with Gasteiger partial charge in [-0.25, -0.2) is 0 Å². The second kappa shape index (κ2) is 5.47. The second-order valence-electron chi connectivity index (χ2n) is 3.87. The first-order valence-electron chi connectivity index (χ1n) is 5.64. The zero-order valence-electron chi connectivity index (χ0n) is 9.96. The maximum absolute atomic E-state index is 5.41. The van der Waals surface area contributed by atoms with Gasteiger partial charge in [-0.2, -0.15) is 0 Å². The van der Waals surface area contributed by atoms with Crippen molar-refractivity contribution in [1.82, 2.24) is 10.5 Å². The van der Waals surface area contributed by atoms with Crippen LogP contribution in [-0.2, 0) is 6.54 Å². The average molecular weight is 295 g/mol. The molecule has 3 nitrogen and oxygen atoms in total. The largest absolute Gasteiger partial charge is 0.356 e. The molecule has 0 amide bonds. The molecule has 1 heterocycles. The van der Waals surface area contributed by atoms with Crippen LogP contribution >= 0.6 is 15.9 Å². The smallest absolute Gasteiger partial charge is 0.170 e. The van der Waals surface area contributed by atoms with E-state index in [1.165, 1.54) is 0 Å². The Bertz CT molecular complexity index is 491. The summed E-state index contributed by atoms with van der Waals surface area (Å²) in [6, 6.07) is 8.05. The van der Waals surface area contributed by atoms with Gasteiger partial charge in [-0.3, -0.25) is 0 Å². The van der Waals surface area contributed by atoms with Crippen molar-refractivity contribution in [1.29, 1.82) is 0 Å². The van der Waals surface area contributed by atoms with Crippen LogP contribution in [0.4, 0.5) is 0 Å². The summed E-state index contributed by atoms with van der Waals surface area (Å²) in [5.41, 5.74) is 3.14. The Labute approximate surface area is 109 Å². The van der Waals surface area contributed by atoms with Gasteiger partial charge in [0.25, 0.3) is 0 Å². The molecule has 4 heteroatoms. The van der Waals surface area contributed by atoms with Crippen molar-refractivity contribution in [2.75, 3.05) is 6.54 Å². The molecular formula is C13H15BrN2O. The molecule has 17 heavy (non-hydrogen) atoms. The summed E-state index contributed by atoms with van der Waals surface area (Å²) in [6.07, 6.45) is 0. The Morgan fingerprint density at radius 1 is 1.29 bits per heavy atom. The Balaban J connectivity index is 2.27. The molecule has 0 aliphatic heterocycles. The molecule has 90 valence electrons. The molecule has 0 bridgehead atoms. The highest BCUT2D eigenvalue weighted by Gasteiger charge is 2.12. The van der Waals surface area contributed by atoms with Gasteiger partial charge in [0.05, 0.1) is 0 Å². The first kappa shape index (κ1) is 12.3. The van der Waals surface area contributed by atoms with E-state index in [0.29, 0.717) is 0 Å². The molecule has 0 saturated carbocycles. The number of aromatic nitrogens is 1. The van der Waals surface area contributed by atoms with Gasteiger partial charge in [0.1, 0.15) is 5.69 Å². The minimum absolute atomic E-state index is 0.752. The van der Waals surface area contributed by atoms with E-state index in [4.69, 9.17) is 4.52 Å². The summed E-state index contributed by atoms with van der Waals surface area (Å²) < 4.78 is 6.47. The Hall–Kier alpha value is -1.13. The summed E-state index contributed by atoms with van der Waals surface area (Å²) in [6.45, 7) is 5.80. The molecule has 0 saturated heterocycles. The lowest BCUT2D eigenvalue weighted by Crippen LogP contribution is -2.12. The number of benzene rings is 1. The molecule has 0 aliphatic carbocycles. The third-order valence-corrected chi connectivity index (χ3v) is 3.20. The summed E-state index contributed by atoms with van der Waals surface area (Å²) in [7, 11) is 0. The average Bonchev–Trinajstić information content (AvgIpc) is 2.69. The minimum atomic E-state index is 0.752. The van der Waals surface area contributed by atoms with Crippen LogP contribution in [0.25, 0.3) is 11.3 Å². The lowest BCUT2D eigenvalue weighted by molar-refractivity contribution is 0.420. The van der Waals surface area contributed by atoms with Crippen molar-refractivity contribution < 1.29 is 4.52 Å². The van der Waals surface area contributed by atoms with E-state index < -0.39 is 0 Å². The van der Waals surface area contributed by atoms with Crippen molar-refractivity contribution in [3.63, 3.8) is 0 Å². The zero-order chi connectivity index (χ0) is 12.3. The third-order valence-electron chi connectivity index (χ3n) is 2.67. The number of nitrogens with zero attached hydrogens (tertiary/aromatic N) is 1. The fraction of sp³-hybridized carbons (Fsp3) is 0.308. The van der Waals surface area contributed by atoms with E-state index >= 15 is 0 Å². The SMILES string of the molecule is CCNCc1noc(-c2ccc(Br)cc2)c1C. The van der Waals surface area contributed by atoms with Gasteiger partial charge in [0.15, 0.2) is 5.76 Å². The van der Waals surface area contributed by atoms with E-state index in [9.17, 15) is 0 Å². The number of hydrogen-bond donors (Lipinski definition) is 1. The molecule has 2 rings (SSSR count). The maximum Gasteiger partial charge on any atom is 0.170 e. The topological polar surface area (TPSA) is 38.1 Å². The monoisotopic (exact) mass is 294 g/mol. The van der Waals surface area contributed by atoms with Gasteiger partial charge in [-0.15, -0.1) is 0 Å². The van der Waals surface area contributed by atoms with Crippen LogP contribution in [0.2, 0.25) is 0 Å². The summed E-state index contributed by atoms with van der Waals surface area (Å²) in [5, 5.41) is 7.35. The predicted molar refractivity (Wildman–Crippen MR) is 71.8 cm³/mol. The van der Waals surface area contributed by atoms with E-state index in [1.807, 2.05) is 31.2 Å².